The number of carbonyl (C=O) groups excluding carboxylic acids is 1. The van der Waals surface area contributed by atoms with Crippen molar-refractivity contribution in [1.29, 1.82) is 0 Å². The van der Waals surface area contributed by atoms with Crippen molar-refractivity contribution in [2.24, 2.45) is 0 Å². The molecule has 0 radical (unpaired) electrons. The minimum atomic E-state index is -0.271. The summed E-state index contributed by atoms with van der Waals surface area (Å²) >= 11 is 6.03. The lowest BCUT2D eigenvalue weighted by atomic mass is 10.2. The molecule has 30 heavy (non-hydrogen) atoms. The first-order chi connectivity index (χ1) is 14.6. The Kier molecular flexibility index (Phi) is 5.90. The molecule has 2 aromatic carbocycles. The highest BCUT2D eigenvalue weighted by Crippen LogP contribution is 2.23. The summed E-state index contributed by atoms with van der Waals surface area (Å²) < 4.78 is 7.44. The minimum Gasteiger partial charge on any atom is -0.491 e. The van der Waals surface area contributed by atoms with Crippen LogP contribution in [0.3, 0.4) is 0 Å². The summed E-state index contributed by atoms with van der Waals surface area (Å²) in [6.45, 7) is 2.72. The predicted octanol–water partition coefficient (Wildman–Crippen LogP) is 3.98. The van der Waals surface area contributed by atoms with E-state index in [0.717, 1.165) is 22.3 Å². The quantitative estimate of drug-likeness (QED) is 0.456. The zero-order valence-electron chi connectivity index (χ0n) is 16.4. The molecule has 0 aliphatic heterocycles. The van der Waals surface area contributed by atoms with Crippen LogP contribution >= 0.6 is 11.6 Å². The number of amides is 1. The van der Waals surface area contributed by atoms with Gasteiger partial charge in [0.05, 0.1) is 18.0 Å². The monoisotopic (exact) mass is 421 g/mol. The molecule has 1 amide bonds. The number of nitrogens with one attached hydrogen (secondary N) is 1. The van der Waals surface area contributed by atoms with Gasteiger partial charge in [-0.05, 0) is 43.7 Å². The summed E-state index contributed by atoms with van der Waals surface area (Å²) in [6.07, 6.45) is 2.39. The number of carbonyl (C=O) groups is 1. The van der Waals surface area contributed by atoms with Gasteiger partial charge in [0.15, 0.2) is 5.69 Å². The van der Waals surface area contributed by atoms with E-state index in [1.165, 1.54) is 0 Å². The van der Waals surface area contributed by atoms with Crippen LogP contribution in [0.2, 0.25) is 5.02 Å². The van der Waals surface area contributed by atoms with Gasteiger partial charge in [-0.1, -0.05) is 41.1 Å². The third-order valence-corrected chi connectivity index (χ3v) is 4.86. The average molecular weight is 422 g/mol. The van der Waals surface area contributed by atoms with E-state index in [9.17, 15) is 4.79 Å². The van der Waals surface area contributed by atoms with Crippen molar-refractivity contribution in [3.63, 3.8) is 0 Å². The second-order valence-corrected chi connectivity index (χ2v) is 7.14. The number of rotatable bonds is 7. The highest BCUT2D eigenvalue weighted by molar-refractivity contribution is 6.30. The van der Waals surface area contributed by atoms with Gasteiger partial charge in [-0.2, -0.15) is 0 Å². The maximum Gasteiger partial charge on any atom is 0.273 e. The van der Waals surface area contributed by atoms with Crippen molar-refractivity contribution < 1.29 is 9.53 Å². The fourth-order valence-electron chi connectivity index (χ4n) is 3.12. The Morgan fingerprint density at radius 1 is 1.17 bits per heavy atom. The number of para-hydroxylation sites is 1. The number of hydrogen-bond acceptors (Lipinski definition) is 5. The van der Waals surface area contributed by atoms with Crippen LogP contribution in [0.4, 0.5) is 0 Å². The largest absolute Gasteiger partial charge is 0.491 e. The van der Waals surface area contributed by atoms with Crippen LogP contribution in [0, 0.1) is 6.92 Å². The highest BCUT2D eigenvalue weighted by Gasteiger charge is 2.17. The summed E-state index contributed by atoms with van der Waals surface area (Å²) in [4.78, 5) is 16.9. The number of fused-ring (bicyclic) bond motifs is 1. The Labute approximate surface area is 178 Å². The molecule has 0 fully saturated rings. The molecule has 0 saturated carbocycles. The lowest BCUT2D eigenvalue weighted by Gasteiger charge is -2.09. The van der Waals surface area contributed by atoms with Gasteiger partial charge in [-0.25, -0.2) is 4.68 Å². The van der Waals surface area contributed by atoms with E-state index in [1.807, 2.05) is 42.5 Å². The third kappa shape index (κ3) is 4.26. The molecule has 1 N–H and O–H groups in total. The molecule has 0 unspecified atom stereocenters. The van der Waals surface area contributed by atoms with Gasteiger partial charge in [0.1, 0.15) is 11.3 Å². The molecule has 0 aliphatic rings. The maximum atomic E-state index is 12.5. The molecule has 2 aromatic heterocycles. The van der Waals surface area contributed by atoms with Gasteiger partial charge in [-0.3, -0.25) is 9.78 Å². The van der Waals surface area contributed by atoms with E-state index >= 15 is 0 Å². The van der Waals surface area contributed by atoms with E-state index in [0.29, 0.717) is 30.3 Å². The second kappa shape index (κ2) is 8.92. The normalized spacial score (nSPS) is 10.9. The third-order valence-electron chi connectivity index (χ3n) is 4.62. The van der Waals surface area contributed by atoms with Gasteiger partial charge in [-0.15, -0.1) is 5.10 Å². The molecule has 8 heteroatoms. The van der Waals surface area contributed by atoms with Gasteiger partial charge >= 0.3 is 0 Å². The van der Waals surface area contributed by atoms with E-state index in [1.54, 1.807) is 29.9 Å². The molecule has 7 nitrogen and oxygen atoms in total. The number of pyridine rings is 1. The topological polar surface area (TPSA) is 81.9 Å². The van der Waals surface area contributed by atoms with Crippen molar-refractivity contribution in [3.8, 4) is 11.4 Å². The van der Waals surface area contributed by atoms with Crippen LogP contribution in [0.15, 0.2) is 60.8 Å². The second-order valence-electron chi connectivity index (χ2n) is 6.70. The summed E-state index contributed by atoms with van der Waals surface area (Å²) in [6, 6.07) is 16.9. The molecular formula is C22H20ClN5O2. The number of hydrogen-bond donors (Lipinski definition) is 1. The molecule has 0 atom stereocenters. The Balaban J connectivity index is 1.31. The van der Waals surface area contributed by atoms with E-state index < -0.39 is 0 Å². The fraction of sp³-hybridized carbons (Fsp3) is 0.182. The summed E-state index contributed by atoms with van der Waals surface area (Å²) in [5, 5.41) is 12.6. The molecule has 0 aliphatic carbocycles. The Morgan fingerprint density at radius 3 is 2.87 bits per heavy atom. The van der Waals surface area contributed by atoms with Crippen molar-refractivity contribution in [2.45, 2.75) is 13.3 Å². The first kappa shape index (κ1) is 19.8. The van der Waals surface area contributed by atoms with E-state index in [4.69, 9.17) is 16.3 Å². The Morgan fingerprint density at radius 2 is 2.00 bits per heavy atom. The predicted molar refractivity (Wildman–Crippen MR) is 115 cm³/mol. The zero-order chi connectivity index (χ0) is 20.9. The highest BCUT2D eigenvalue weighted by atomic mass is 35.5. The number of ether oxygens (including phenoxy) is 1. The molecule has 2 heterocycles. The number of halogens is 1. The molecular weight excluding hydrogens is 402 g/mol. The van der Waals surface area contributed by atoms with Gasteiger partial charge in [0.25, 0.3) is 5.91 Å². The summed E-state index contributed by atoms with van der Waals surface area (Å²) in [7, 11) is 0. The van der Waals surface area contributed by atoms with Crippen LogP contribution in [-0.2, 0) is 0 Å². The molecule has 0 spiro atoms. The van der Waals surface area contributed by atoms with Crippen LogP contribution in [0.5, 0.6) is 5.75 Å². The smallest absolute Gasteiger partial charge is 0.273 e. The fourth-order valence-corrected chi connectivity index (χ4v) is 3.31. The van der Waals surface area contributed by atoms with E-state index in [-0.39, 0.29) is 11.6 Å². The molecule has 4 aromatic rings. The number of nitrogens with zero attached hydrogens (tertiary/aromatic N) is 4. The number of aromatic nitrogens is 4. The van der Waals surface area contributed by atoms with Crippen LogP contribution in [-0.4, -0.2) is 39.0 Å². The van der Waals surface area contributed by atoms with Crippen LogP contribution in [0.1, 0.15) is 22.6 Å². The Hall–Kier alpha value is -3.45. The van der Waals surface area contributed by atoms with Crippen LogP contribution in [0.25, 0.3) is 16.6 Å². The molecule has 152 valence electrons. The van der Waals surface area contributed by atoms with E-state index in [2.05, 4.69) is 20.6 Å². The molecule has 0 saturated heterocycles. The standard InChI is InChI=1S/C22H20ClN5O2/c1-15-20(26-27-28(15)18-9-3-8-17(23)14-18)22(29)25-12-5-13-30-19-10-2-6-16-7-4-11-24-21(16)19/h2-4,6-11,14H,5,12-13H2,1H3,(H,25,29). The summed E-state index contributed by atoms with van der Waals surface area (Å²) in [5.74, 6) is 0.465. The lowest BCUT2D eigenvalue weighted by molar-refractivity contribution is 0.0946. The van der Waals surface area contributed by atoms with Crippen molar-refractivity contribution in [3.05, 3.63) is 77.2 Å². The van der Waals surface area contributed by atoms with Crippen LogP contribution < -0.4 is 10.1 Å². The van der Waals surface area contributed by atoms with Crippen molar-refractivity contribution >= 4 is 28.4 Å². The van der Waals surface area contributed by atoms with Gasteiger partial charge < -0.3 is 10.1 Å². The van der Waals surface area contributed by atoms with Crippen molar-refractivity contribution in [2.75, 3.05) is 13.2 Å². The van der Waals surface area contributed by atoms with Crippen molar-refractivity contribution in [1.82, 2.24) is 25.3 Å². The van der Waals surface area contributed by atoms with Gasteiger partial charge in [0, 0.05) is 23.2 Å². The minimum absolute atomic E-state index is 0.271. The summed E-state index contributed by atoms with van der Waals surface area (Å²) in [5.41, 5.74) is 2.52. The maximum absolute atomic E-state index is 12.5. The van der Waals surface area contributed by atoms with Gasteiger partial charge in [0.2, 0.25) is 0 Å². The Bertz CT molecular complexity index is 1190. The first-order valence-electron chi connectivity index (χ1n) is 9.56. The molecule has 0 bridgehead atoms. The zero-order valence-corrected chi connectivity index (χ0v) is 17.1. The number of benzene rings is 2. The first-order valence-corrected chi connectivity index (χ1v) is 9.94. The SMILES string of the molecule is Cc1c(C(=O)NCCCOc2cccc3cccnc23)nnn1-c1cccc(Cl)c1. The lowest BCUT2D eigenvalue weighted by Crippen LogP contribution is -2.26. The molecule has 4 rings (SSSR count). The average Bonchev–Trinajstić information content (AvgIpc) is 3.15.